The van der Waals surface area contributed by atoms with Crippen LogP contribution in [0.5, 0.6) is 0 Å². The Bertz CT molecular complexity index is 354. The summed E-state index contributed by atoms with van der Waals surface area (Å²) in [7, 11) is 1.44. The third-order valence-corrected chi connectivity index (χ3v) is 3.12. The smallest absolute Gasteiger partial charge is 0.329 e. The molecule has 6 nitrogen and oxygen atoms in total. The van der Waals surface area contributed by atoms with Gasteiger partial charge in [0.05, 0.1) is 0 Å². The van der Waals surface area contributed by atoms with Gasteiger partial charge in [0.15, 0.2) is 0 Å². The van der Waals surface area contributed by atoms with Crippen molar-refractivity contribution in [1.29, 1.82) is 0 Å². The van der Waals surface area contributed by atoms with Crippen LogP contribution in [0.4, 0.5) is 0 Å². The molecule has 1 fully saturated rings. The van der Waals surface area contributed by atoms with Crippen molar-refractivity contribution in [2.45, 2.75) is 32.2 Å². The number of carbonyl (C=O) groups is 3. The molecule has 2 amide bonds. The van der Waals surface area contributed by atoms with E-state index in [1.54, 1.807) is 6.92 Å². The number of aliphatic carboxylic acids is 1. The quantitative estimate of drug-likeness (QED) is 0.700. The van der Waals surface area contributed by atoms with Crippen LogP contribution in [-0.4, -0.2) is 47.0 Å². The molecule has 6 heteroatoms. The highest BCUT2D eigenvalue weighted by molar-refractivity contribution is 6.07. The lowest BCUT2D eigenvalue weighted by molar-refractivity contribution is -0.163. The third kappa shape index (κ3) is 2.31. The van der Waals surface area contributed by atoms with Crippen molar-refractivity contribution < 1.29 is 24.2 Å². The van der Waals surface area contributed by atoms with E-state index in [0.717, 1.165) is 4.90 Å². The second-order valence-corrected chi connectivity index (χ2v) is 4.49. The molecule has 0 aromatic rings. The third-order valence-electron chi connectivity index (χ3n) is 3.12. The number of rotatable bonds is 5. The van der Waals surface area contributed by atoms with Crippen molar-refractivity contribution in [3.8, 4) is 0 Å². The Labute approximate surface area is 99.5 Å². The van der Waals surface area contributed by atoms with Gasteiger partial charge in [-0.25, -0.2) is 4.79 Å². The molecule has 0 saturated carbocycles. The SMILES string of the molecule is COCCC(C)(C(=O)O)N1C(=O)CC(C)C1=O. The van der Waals surface area contributed by atoms with Crippen LogP contribution < -0.4 is 0 Å². The monoisotopic (exact) mass is 243 g/mol. The van der Waals surface area contributed by atoms with Crippen molar-refractivity contribution in [2.24, 2.45) is 5.92 Å². The van der Waals surface area contributed by atoms with E-state index in [4.69, 9.17) is 4.74 Å². The van der Waals surface area contributed by atoms with Gasteiger partial charge < -0.3 is 9.84 Å². The first-order valence-electron chi connectivity index (χ1n) is 5.44. The molecule has 0 spiro atoms. The normalized spacial score (nSPS) is 23.9. The second-order valence-electron chi connectivity index (χ2n) is 4.49. The van der Waals surface area contributed by atoms with Gasteiger partial charge in [0, 0.05) is 32.5 Å². The van der Waals surface area contributed by atoms with Gasteiger partial charge in [0.25, 0.3) is 0 Å². The maximum Gasteiger partial charge on any atom is 0.329 e. The number of carboxylic acids is 1. The average Bonchev–Trinajstić information content (AvgIpc) is 2.50. The number of likely N-dealkylation sites (tertiary alicyclic amines) is 1. The van der Waals surface area contributed by atoms with Crippen LogP contribution >= 0.6 is 0 Å². The number of nitrogens with zero attached hydrogens (tertiary/aromatic N) is 1. The maximum atomic E-state index is 11.8. The Hall–Kier alpha value is -1.43. The van der Waals surface area contributed by atoms with E-state index in [1.165, 1.54) is 14.0 Å². The first kappa shape index (κ1) is 13.6. The number of ether oxygens (including phenoxy) is 1. The second kappa shape index (κ2) is 4.83. The summed E-state index contributed by atoms with van der Waals surface area (Å²) in [5.41, 5.74) is -1.52. The van der Waals surface area contributed by atoms with Crippen molar-refractivity contribution in [2.75, 3.05) is 13.7 Å². The van der Waals surface area contributed by atoms with Crippen LogP contribution in [0, 0.1) is 5.92 Å². The summed E-state index contributed by atoms with van der Waals surface area (Å²) >= 11 is 0. The number of imide groups is 1. The Morgan fingerprint density at radius 2 is 2.18 bits per heavy atom. The topological polar surface area (TPSA) is 83.9 Å². The molecule has 0 radical (unpaired) electrons. The minimum atomic E-state index is -1.52. The molecular weight excluding hydrogens is 226 g/mol. The van der Waals surface area contributed by atoms with E-state index < -0.39 is 29.2 Å². The van der Waals surface area contributed by atoms with Gasteiger partial charge in [-0.15, -0.1) is 0 Å². The Morgan fingerprint density at radius 1 is 1.59 bits per heavy atom. The Morgan fingerprint density at radius 3 is 2.53 bits per heavy atom. The number of carboxylic acid groups (broad SMARTS) is 1. The zero-order valence-corrected chi connectivity index (χ0v) is 10.2. The number of hydrogen-bond donors (Lipinski definition) is 1. The molecule has 0 bridgehead atoms. The fraction of sp³-hybridized carbons (Fsp3) is 0.727. The average molecular weight is 243 g/mol. The summed E-state index contributed by atoms with van der Waals surface area (Å²) < 4.78 is 4.83. The fourth-order valence-corrected chi connectivity index (χ4v) is 1.92. The predicted octanol–water partition coefficient (Wildman–Crippen LogP) is 0.261. The Balaban J connectivity index is 3.02. The van der Waals surface area contributed by atoms with E-state index >= 15 is 0 Å². The van der Waals surface area contributed by atoms with Crippen LogP contribution in [0.2, 0.25) is 0 Å². The van der Waals surface area contributed by atoms with E-state index in [0.29, 0.717) is 0 Å². The van der Waals surface area contributed by atoms with Crippen molar-refractivity contribution in [3.05, 3.63) is 0 Å². The van der Waals surface area contributed by atoms with Gasteiger partial charge in [-0.05, 0) is 6.92 Å². The maximum absolute atomic E-state index is 11.8. The van der Waals surface area contributed by atoms with E-state index in [-0.39, 0.29) is 19.4 Å². The summed E-state index contributed by atoms with van der Waals surface area (Å²) in [5.74, 6) is -2.48. The summed E-state index contributed by atoms with van der Waals surface area (Å²) in [4.78, 5) is 35.7. The van der Waals surface area contributed by atoms with Gasteiger partial charge in [-0.1, -0.05) is 6.92 Å². The van der Waals surface area contributed by atoms with Gasteiger partial charge >= 0.3 is 5.97 Å². The fourth-order valence-electron chi connectivity index (χ4n) is 1.92. The van der Waals surface area contributed by atoms with E-state index in [2.05, 4.69) is 0 Å². The van der Waals surface area contributed by atoms with Crippen LogP contribution in [-0.2, 0) is 19.1 Å². The molecule has 0 aliphatic carbocycles. The minimum Gasteiger partial charge on any atom is -0.479 e. The first-order chi connectivity index (χ1) is 7.84. The van der Waals surface area contributed by atoms with Gasteiger partial charge in [-0.2, -0.15) is 0 Å². The highest BCUT2D eigenvalue weighted by Crippen LogP contribution is 2.30. The molecule has 1 N–H and O–H groups in total. The molecule has 2 unspecified atom stereocenters. The minimum absolute atomic E-state index is 0.0781. The highest BCUT2D eigenvalue weighted by Gasteiger charge is 2.50. The summed E-state index contributed by atoms with van der Waals surface area (Å²) in [6.45, 7) is 3.18. The molecule has 1 rings (SSSR count). The number of carbonyl (C=O) groups excluding carboxylic acids is 2. The molecular formula is C11H17NO5. The zero-order chi connectivity index (χ0) is 13.2. The molecule has 1 heterocycles. The molecule has 96 valence electrons. The summed E-state index contributed by atoms with van der Waals surface area (Å²) in [6.07, 6.45) is 0.164. The van der Waals surface area contributed by atoms with Crippen LogP contribution in [0.25, 0.3) is 0 Å². The molecule has 17 heavy (non-hydrogen) atoms. The molecule has 1 saturated heterocycles. The Kier molecular flexibility index (Phi) is 3.87. The zero-order valence-electron chi connectivity index (χ0n) is 10.2. The molecule has 0 aromatic heterocycles. The lowest BCUT2D eigenvalue weighted by Gasteiger charge is -2.33. The summed E-state index contributed by atoms with van der Waals surface area (Å²) in [5, 5.41) is 9.24. The standard InChI is InChI=1S/C11H17NO5/c1-7-6-8(13)12(9(7)14)11(2,10(15)16)4-5-17-3/h7H,4-6H2,1-3H3,(H,15,16). The van der Waals surface area contributed by atoms with Gasteiger partial charge in [-0.3, -0.25) is 14.5 Å². The van der Waals surface area contributed by atoms with E-state index in [9.17, 15) is 19.5 Å². The van der Waals surface area contributed by atoms with Gasteiger partial charge in [0.2, 0.25) is 11.8 Å². The largest absolute Gasteiger partial charge is 0.479 e. The van der Waals surface area contributed by atoms with Crippen LogP contribution in [0.1, 0.15) is 26.7 Å². The van der Waals surface area contributed by atoms with Gasteiger partial charge in [0.1, 0.15) is 5.54 Å². The lowest BCUT2D eigenvalue weighted by atomic mass is 9.96. The van der Waals surface area contributed by atoms with Crippen LogP contribution in [0.15, 0.2) is 0 Å². The molecule has 0 aromatic carbocycles. The number of amides is 2. The van der Waals surface area contributed by atoms with Crippen LogP contribution in [0.3, 0.4) is 0 Å². The highest BCUT2D eigenvalue weighted by atomic mass is 16.5. The lowest BCUT2D eigenvalue weighted by Crippen LogP contribution is -2.55. The summed E-state index contributed by atoms with van der Waals surface area (Å²) in [6, 6.07) is 0. The van der Waals surface area contributed by atoms with E-state index in [1.807, 2.05) is 0 Å². The first-order valence-corrected chi connectivity index (χ1v) is 5.44. The number of methoxy groups -OCH3 is 1. The van der Waals surface area contributed by atoms with Crippen molar-refractivity contribution >= 4 is 17.8 Å². The molecule has 1 aliphatic heterocycles. The van der Waals surface area contributed by atoms with Crippen molar-refractivity contribution in [1.82, 2.24) is 4.90 Å². The molecule has 2 atom stereocenters. The number of hydrogen-bond acceptors (Lipinski definition) is 4. The predicted molar refractivity (Wildman–Crippen MR) is 58.2 cm³/mol. The molecule has 1 aliphatic rings. The van der Waals surface area contributed by atoms with Crippen molar-refractivity contribution in [3.63, 3.8) is 0 Å².